The first-order valence-corrected chi connectivity index (χ1v) is 6.97. The summed E-state index contributed by atoms with van der Waals surface area (Å²) in [6, 6.07) is 1.97. The number of imidazole rings is 1. The van der Waals surface area contributed by atoms with Crippen LogP contribution in [-0.2, 0) is 5.41 Å². The molecule has 2 rings (SSSR count). The molecule has 20 heavy (non-hydrogen) atoms. The Kier molecular flexibility index (Phi) is 3.79. The summed E-state index contributed by atoms with van der Waals surface area (Å²) in [6.45, 7) is 13.3. The molecule has 0 atom stereocenters. The number of nitrogens with one attached hydrogen (secondary N) is 1. The van der Waals surface area contributed by atoms with E-state index in [2.05, 4.69) is 43.0 Å². The fraction of sp³-hybridized carbons (Fsp3) is 0.533. The number of aromatic nitrogens is 4. The van der Waals surface area contributed by atoms with Crippen molar-refractivity contribution in [2.75, 3.05) is 11.9 Å². The van der Waals surface area contributed by atoms with Gasteiger partial charge in [-0.05, 0) is 20.8 Å². The number of aryl methyl sites for hydroxylation is 1. The first kappa shape index (κ1) is 14.5. The molecule has 0 radical (unpaired) electrons. The van der Waals surface area contributed by atoms with Gasteiger partial charge >= 0.3 is 0 Å². The second-order valence-electron chi connectivity index (χ2n) is 6.00. The lowest BCUT2D eigenvalue weighted by atomic mass is 9.96. The molecule has 5 heteroatoms. The van der Waals surface area contributed by atoms with E-state index in [1.54, 1.807) is 0 Å². The molecule has 0 spiro atoms. The van der Waals surface area contributed by atoms with Gasteiger partial charge in [-0.25, -0.2) is 15.0 Å². The number of hydrogen-bond acceptors (Lipinski definition) is 4. The van der Waals surface area contributed by atoms with E-state index in [0.29, 0.717) is 0 Å². The SMILES string of the molecule is CCNc1cc(-n2cnc(C)c2C)nc(C(C)(C)C)n1. The number of nitrogens with zero attached hydrogens (tertiary/aromatic N) is 4. The Hall–Kier alpha value is -1.91. The minimum absolute atomic E-state index is 0.0935. The van der Waals surface area contributed by atoms with Crippen LogP contribution in [0, 0.1) is 13.8 Å². The molecular formula is C15H23N5. The van der Waals surface area contributed by atoms with Gasteiger partial charge in [-0.2, -0.15) is 0 Å². The van der Waals surface area contributed by atoms with E-state index in [1.165, 1.54) is 0 Å². The molecule has 0 saturated carbocycles. The standard InChI is InChI=1S/C15H23N5/c1-7-16-12-8-13(19-14(18-12)15(4,5)6)20-9-17-10(2)11(20)3/h8-9H,7H2,1-6H3,(H,16,18,19). The van der Waals surface area contributed by atoms with Crippen LogP contribution in [-0.4, -0.2) is 26.1 Å². The molecule has 0 aliphatic heterocycles. The number of hydrogen-bond donors (Lipinski definition) is 1. The number of anilines is 1. The van der Waals surface area contributed by atoms with Crippen LogP contribution in [0.5, 0.6) is 0 Å². The second kappa shape index (κ2) is 5.23. The molecule has 0 saturated heterocycles. The van der Waals surface area contributed by atoms with Crippen molar-refractivity contribution in [3.63, 3.8) is 0 Å². The number of rotatable bonds is 3. The molecule has 0 bridgehead atoms. The molecule has 2 heterocycles. The summed E-state index contributed by atoms with van der Waals surface area (Å²) >= 11 is 0. The van der Waals surface area contributed by atoms with Crippen molar-refractivity contribution in [2.24, 2.45) is 0 Å². The first-order valence-electron chi connectivity index (χ1n) is 6.97. The van der Waals surface area contributed by atoms with E-state index in [-0.39, 0.29) is 5.41 Å². The molecule has 0 aliphatic carbocycles. The zero-order valence-electron chi connectivity index (χ0n) is 13.2. The van der Waals surface area contributed by atoms with Gasteiger partial charge in [0.05, 0.1) is 5.69 Å². The highest BCUT2D eigenvalue weighted by atomic mass is 15.2. The van der Waals surface area contributed by atoms with E-state index in [0.717, 1.165) is 35.4 Å². The lowest BCUT2D eigenvalue weighted by molar-refractivity contribution is 0.544. The minimum Gasteiger partial charge on any atom is -0.370 e. The predicted octanol–water partition coefficient (Wildman–Crippen LogP) is 3.01. The topological polar surface area (TPSA) is 55.6 Å². The Morgan fingerprint density at radius 3 is 2.40 bits per heavy atom. The third-order valence-corrected chi connectivity index (χ3v) is 3.24. The highest BCUT2D eigenvalue weighted by Gasteiger charge is 2.20. The van der Waals surface area contributed by atoms with Crippen LogP contribution in [0.3, 0.4) is 0 Å². The Balaban J connectivity index is 2.58. The Morgan fingerprint density at radius 1 is 1.20 bits per heavy atom. The highest BCUT2D eigenvalue weighted by Crippen LogP contribution is 2.22. The molecule has 0 aromatic carbocycles. The third kappa shape index (κ3) is 2.81. The maximum atomic E-state index is 4.70. The average molecular weight is 273 g/mol. The van der Waals surface area contributed by atoms with Gasteiger partial charge in [0.1, 0.15) is 23.8 Å². The highest BCUT2D eigenvalue weighted by molar-refractivity contribution is 5.43. The van der Waals surface area contributed by atoms with Crippen LogP contribution in [0.4, 0.5) is 5.82 Å². The van der Waals surface area contributed by atoms with E-state index < -0.39 is 0 Å². The normalized spacial score (nSPS) is 11.7. The second-order valence-corrected chi connectivity index (χ2v) is 6.00. The van der Waals surface area contributed by atoms with Gasteiger partial charge in [0.25, 0.3) is 0 Å². The van der Waals surface area contributed by atoms with Gasteiger partial charge in [0.15, 0.2) is 0 Å². The monoisotopic (exact) mass is 273 g/mol. The fourth-order valence-electron chi connectivity index (χ4n) is 1.89. The van der Waals surface area contributed by atoms with Crippen LogP contribution in [0.25, 0.3) is 5.82 Å². The van der Waals surface area contributed by atoms with E-state index >= 15 is 0 Å². The smallest absolute Gasteiger partial charge is 0.143 e. The zero-order valence-corrected chi connectivity index (χ0v) is 13.2. The summed E-state index contributed by atoms with van der Waals surface area (Å²) in [6.07, 6.45) is 1.81. The molecule has 2 aromatic heterocycles. The van der Waals surface area contributed by atoms with Gasteiger partial charge in [0.2, 0.25) is 0 Å². The van der Waals surface area contributed by atoms with Crippen molar-refractivity contribution >= 4 is 5.82 Å². The largest absolute Gasteiger partial charge is 0.370 e. The van der Waals surface area contributed by atoms with Crippen molar-refractivity contribution in [3.8, 4) is 5.82 Å². The summed E-state index contributed by atoms with van der Waals surface area (Å²) in [7, 11) is 0. The van der Waals surface area contributed by atoms with Gasteiger partial charge in [-0.15, -0.1) is 0 Å². The average Bonchev–Trinajstić information content (AvgIpc) is 2.69. The van der Waals surface area contributed by atoms with Gasteiger partial charge in [-0.1, -0.05) is 20.8 Å². The summed E-state index contributed by atoms with van der Waals surface area (Å²) < 4.78 is 2.01. The molecule has 2 aromatic rings. The maximum absolute atomic E-state index is 4.70. The van der Waals surface area contributed by atoms with Crippen molar-refractivity contribution in [1.82, 2.24) is 19.5 Å². The minimum atomic E-state index is -0.0935. The Morgan fingerprint density at radius 2 is 1.90 bits per heavy atom. The van der Waals surface area contributed by atoms with Gasteiger partial charge in [-0.3, -0.25) is 4.57 Å². The van der Waals surface area contributed by atoms with Crippen LogP contribution in [0.1, 0.15) is 44.9 Å². The molecule has 5 nitrogen and oxygen atoms in total. The zero-order chi connectivity index (χ0) is 14.9. The van der Waals surface area contributed by atoms with Crippen LogP contribution >= 0.6 is 0 Å². The first-order chi connectivity index (χ1) is 9.32. The quantitative estimate of drug-likeness (QED) is 0.934. The Labute approximate surface area is 120 Å². The molecule has 0 aliphatic rings. The van der Waals surface area contributed by atoms with Crippen molar-refractivity contribution in [2.45, 2.75) is 47.0 Å². The summed E-state index contributed by atoms with van der Waals surface area (Å²) in [5, 5.41) is 3.27. The van der Waals surface area contributed by atoms with E-state index in [9.17, 15) is 0 Å². The lowest BCUT2D eigenvalue weighted by Gasteiger charge is -2.19. The molecular weight excluding hydrogens is 250 g/mol. The van der Waals surface area contributed by atoms with Gasteiger partial charge < -0.3 is 5.32 Å². The van der Waals surface area contributed by atoms with Crippen molar-refractivity contribution in [3.05, 3.63) is 29.6 Å². The molecule has 0 fully saturated rings. The fourth-order valence-corrected chi connectivity index (χ4v) is 1.89. The summed E-state index contributed by atoms with van der Waals surface area (Å²) in [4.78, 5) is 13.6. The summed E-state index contributed by atoms with van der Waals surface area (Å²) in [5.74, 6) is 2.55. The molecule has 0 amide bonds. The van der Waals surface area contributed by atoms with Crippen LogP contribution < -0.4 is 5.32 Å². The lowest BCUT2D eigenvalue weighted by Crippen LogP contribution is -2.19. The van der Waals surface area contributed by atoms with Crippen molar-refractivity contribution < 1.29 is 0 Å². The molecule has 0 unspecified atom stereocenters. The van der Waals surface area contributed by atoms with Crippen LogP contribution in [0.15, 0.2) is 12.4 Å². The molecule has 1 N–H and O–H groups in total. The Bertz CT molecular complexity index is 607. The van der Waals surface area contributed by atoms with E-state index in [1.807, 2.05) is 30.8 Å². The predicted molar refractivity (Wildman–Crippen MR) is 81.5 cm³/mol. The maximum Gasteiger partial charge on any atom is 0.143 e. The van der Waals surface area contributed by atoms with Crippen molar-refractivity contribution in [1.29, 1.82) is 0 Å². The van der Waals surface area contributed by atoms with Crippen LogP contribution in [0.2, 0.25) is 0 Å². The third-order valence-electron chi connectivity index (χ3n) is 3.24. The van der Waals surface area contributed by atoms with Gasteiger partial charge in [0, 0.05) is 23.7 Å². The molecule has 108 valence electrons. The summed E-state index contributed by atoms with van der Waals surface area (Å²) in [5.41, 5.74) is 2.03. The van der Waals surface area contributed by atoms with E-state index in [4.69, 9.17) is 4.98 Å².